The highest BCUT2D eigenvalue weighted by Gasteiger charge is 2.28. The van der Waals surface area contributed by atoms with Gasteiger partial charge in [-0.1, -0.05) is 18.9 Å². The summed E-state index contributed by atoms with van der Waals surface area (Å²) in [5.41, 5.74) is 0.694. The Bertz CT molecular complexity index is 635. The fourth-order valence-corrected chi connectivity index (χ4v) is 4.09. The first kappa shape index (κ1) is 17.0. The average molecular weight is 348 g/mol. The van der Waals surface area contributed by atoms with Gasteiger partial charge in [0.1, 0.15) is 0 Å². The Labute approximate surface area is 146 Å². The van der Waals surface area contributed by atoms with Gasteiger partial charge in [0.25, 0.3) is 0 Å². The highest BCUT2D eigenvalue weighted by molar-refractivity contribution is 7.10. The Morgan fingerprint density at radius 1 is 1.50 bits per heavy atom. The number of anilines is 1. The Hall–Kier alpha value is -1.86. The largest absolute Gasteiger partial charge is 0.383 e. The second kappa shape index (κ2) is 8.30. The minimum absolute atomic E-state index is 0.0936. The van der Waals surface area contributed by atoms with Crippen LogP contribution in [0.25, 0.3) is 0 Å². The summed E-state index contributed by atoms with van der Waals surface area (Å²) < 4.78 is 6.78. The van der Waals surface area contributed by atoms with E-state index in [1.807, 2.05) is 12.3 Å². The van der Waals surface area contributed by atoms with Crippen LogP contribution in [0.15, 0.2) is 29.9 Å². The lowest BCUT2D eigenvalue weighted by molar-refractivity contribution is 0.183. The number of hydrogen-bond donors (Lipinski definition) is 2. The third-order valence-electron chi connectivity index (χ3n) is 4.42. The molecular formula is C17H24N4O2S. The van der Waals surface area contributed by atoms with Crippen molar-refractivity contribution < 1.29 is 9.53 Å². The van der Waals surface area contributed by atoms with Crippen molar-refractivity contribution in [1.29, 1.82) is 0 Å². The van der Waals surface area contributed by atoms with E-state index in [-0.39, 0.29) is 12.1 Å². The van der Waals surface area contributed by atoms with Crippen molar-refractivity contribution >= 4 is 23.1 Å². The molecule has 1 aliphatic carbocycles. The molecule has 2 aromatic heterocycles. The first-order valence-electron chi connectivity index (χ1n) is 8.38. The molecule has 1 saturated carbocycles. The molecule has 0 unspecified atom stereocenters. The topological polar surface area (TPSA) is 68.2 Å². The molecular weight excluding hydrogens is 324 g/mol. The molecule has 3 rings (SSSR count). The van der Waals surface area contributed by atoms with Crippen molar-refractivity contribution in [3.05, 3.63) is 34.8 Å². The number of methoxy groups -OCH3 is 1. The zero-order chi connectivity index (χ0) is 16.8. The molecule has 0 bridgehead atoms. The van der Waals surface area contributed by atoms with Crippen LogP contribution >= 0.6 is 11.3 Å². The first-order chi connectivity index (χ1) is 11.8. The van der Waals surface area contributed by atoms with Crippen LogP contribution < -0.4 is 10.6 Å². The smallest absolute Gasteiger partial charge is 0.319 e. The zero-order valence-electron chi connectivity index (χ0n) is 13.9. The molecule has 1 aliphatic rings. The summed E-state index contributed by atoms with van der Waals surface area (Å²) in [7, 11) is 1.66. The van der Waals surface area contributed by atoms with Crippen molar-refractivity contribution in [2.75, 3.05) is 19.0 Å². The lowest BCUT2D eigenvalue weighted by Crippen LogP contribution is -2.35. The second-order valence-electron chi connectivity index (χ2n) is 6.12. The lowest BCUT2D eigenvalue weighted by Gasteiger charge is -2.23. The summed E-state index contributed by atoms with van der Waals surface area (Å²) in [5, 5.41) is 12.3. The van der Waals surface area contributed by atoms with Crippen molar-refractivity contribution in [2.24, 2.45) is 5.92 Å². The van der Waals surface area contributed by atoms with Crippen LogP contribution in [0.1, 0.15) is 36.6 Å². The number of nitrogens with one attached hydrogen (secondary N) is 2. The van der Waals surface area contributed by atoms with Crippen LogP contribution in [0.2, 0.25) is 0 Å². The number of ether oxygens (including phenoxy) is 1. The van der Waals surface area contributed by atoms with E-state index in [2.05, 4.69) is 27.2 Å². The average Bonchev–Trinajstić information content (AvgIpc) is 3.32. The van der Waals surface area contributed by atoms with Crippen LogP contribution in [0.4, 0.5) is 10.5 Å². The molecule has 0 spiro atoms. The number of amides is 2. The van der Waals surface area contributed by atoms with E-state index in [1.165, 1.54) is 30.6 Å². The maximum Gasteiger partial charge on any atom is 0.319 e. The van der Waals surface area contributed by atoms with Crippen LogP contribution in [0, 0.1) is 5.92 Å². The molecule has 0 aromatic carbocycles. The SMILES string of the molecule is COCCn1cc(NC(=O)N[C@H](c2cccs2)C2CCCC2)cn1. The number of rotatable bonds is 7. The predicted octanol–water partition coefficient (Wildman–Crippen LogP) is 3.64. The fraction of sp³-hybridized carbons (Fsp3) is 0.529. The molecule has 6 nitrogen and oxygen atoms in total. The van der Waals surface area contributed by atoms with Gasteiger partial charge < -0.3 is 15.4 Å². The maximum atomic E-state index is 12.4. The quantitative estimate of drug-likeness (QED) is 0.802. The highest BCUT2D eigenvalue weighted by Crippen LogP contribution is 2.37. The summed E-state index contributed by atoms with van der Waals surface area (Å²) in [6.45, 7) is 1.26. The van der Waals surface area contributed by atoms with Crippen LogP contribution in [0.5, 0.6) is 0 Å². The molecule has 1 atom stereocenters. The molecule has 2 N–H and O–H groups in total. The van der Waals surface area contributed by atoms with Gasteiger partial charge in [-0.25, -0.2) is 4.79 Å². The number of thiophene rings is 1. The second-order valence-corrected chi connectivity index (χ2v) is 7.10. The number of urea groups is 1. The van der Waals surface area contributed by atoms with Gasteiger partial charge in [0.15, 0.2) is 0 Å². The van der Waals surface area contributed by atoms with Crippen molar-refractivity contribution in [3.8, 4) is 0 Å². The van der Waals surface area contributed by atoms with Gasteiger partial charge in [-0.2, -0.15) is 5.10 Å². The summed E-state index contributed by atoms with van der Waals surface area (Å²) in [6.07, 6.45) is 8.33. The summed E-state index contributed by atoms with van der Waals surface area (Å²) in [6, 6.07) is 4.07. The Balaban J connectivity index is 1.60. The fourth-order valence-electron chi connectivity index (χ4n) is 3.22. The van der Waals surface area contributed by atoms with Crippen LogP contribution in [0.3, 0.4) is 0 Å². The van der Waals surface area contributed by atoms with E-state index in [9.17, 15) is 4.79 Å². The molecule has 2 heterocycles. The van der Waals surface area contributed by atoms with Gasteiger partial charge >= 0.3 is 6.03 Å². The Morgan fingerprint density at radius 2 is 2.33 bits per heavy atom. The normalized spacial score (nSPS) is 16.2. The van der Waals surface area contributed by atoms with E-state index in [0.717, 1.165) is 0 Å². The molecule has 7 heteroatoms. The molecule has 0 saturated heterocycles. The van der Waals surface area contributed by atoms with Gasteiger partial charge in [0.2, 0.25) is 0 Å². The molecule has 2 aromatic rings. The number of carbonyl (C=O) groups is 1. The van der Waals surface area contributed by atoms with Crippen molar-refractivity contribution in [1.82, 2.24) is 15.1 Å². The summed E-state index contributed by atoms with van der Waals surface area (Å²) in [4.78, 5) is 13.6. The minimum Gasteiger partial charge on any atom is -0.383 e. The summed E-state index contributed by atoms with van der Waals surface area (Å²) >= 11 is 1.71. The molecule has 24 heavy (non-hydrogen) atoms. The van der Waals surface area contributed by atoms with E-state index in [1.54, 1.807) is 29.3 Å². The monoisotopic (exact) mass is 348 g/mol. The third kappa shape index (κ3) is 4.36. The number of aromatic nitrogens is 2. The van der Waals surface area contributed by atoms with Gasteiger partial charge in [-0.15, -0.1) is 11.3 Å². The number of hydrogen-bond acceptors (Lipinski definition) is 4. The molecule has 0 aliphatic heterocycles. The highest BCUT2D eigenvalue weighted by atomic mass is 32.1. The molecule has 2 amide bonds. The zero-order valence-corrected chi connectivity index (χ0v) is 14.7. The maximum absolute atomic E-state index is 12.4. The van der Waals surface area contributed by atoms with Gasteiger partial charge in [-0.3, -0.25) is 4.68 Å². The third-order valence-corrected chi connectivity index (χ3v) is 5.38. The molecule has 130 valence electrons. The first-order valence-corrected chi connectivity index (χ1v) is 9.26. The minimum atomic E-state index is -0.174. The van der Waals surface area contributed by atoms with Crippen LogP contribution in [-0.4, -0.2) is 29.5 Å². The van der Waals surface area contributed by atoms with E-state index >= 15 is 0 Å². The van der Waals surface area contributed by atoms with Crippen molar-refractivity contribution in [2.45, 2.75) is 38.3 Å². The number of carbonyl (C=O) groups excluding carboxylic acids is 1. The van der Waals surface area contributed by atoms with Crippen molar-refractivity contribution in [3.63, 3.8) is 0 Å². The molecule has 1 fully saturated rings. The van der Waals surface area contributed by atoms with Gasteiger partial charge in [0, 0.05) is 18.2 Å². The van der Waals surface area contributed by atoms with E-state index < -0.39 is 0 Å². The number of nitrogens with zero attached hydrogens (tertiary/aromatic N) is 2. The predicted molar refractivity (Wildman–Crippen MR) is 95.3 cm³/mol. The van der Waals surface area contributed by atoms with Gasteiger partial charge in [0.05, 0.1) is 31.1 Å². The van der Waals surface area contributed by atoms with Gasteiger partial charge in [-0.05, 0) is 30.2 Å². The Morgan fingerprint density at radius 3 is 3.04 bits per heavy atom. The van der Waals surface area contributed by atoms with E-state index in [4.69, 9.17) is 4.74 Å². The van der Waals surface area contributed by atoms with E-state index in [0.29, 0.717) is 24.8 Å². The standard InChI is InChI=1S/C17H24N4O2S/c1-23-9-8-21-12-14(11-18-21)19-17(22)20-16(13-5-2-3-6-13)15-7-4-10-24-15/h4,7,10-13,16H,2-3,5-6,8-9H2,1H3,(H2,19,20,22)/t16-/m0/s1. The Kier molecular flexibility index (Phi) is 5.87. The summed E-state index contributed by atoms with van der Waals surface area (Å²) in [5.74, 6) is 0.527. The van der Waals surface area contributed by atoms with Crippen LogP contribution in [-0.2, 0) is 11.3 Å². The lowest BCUT2D eigenvalue weighted by atomic mass is 9.97. The molecule has 0 radical (unpaired) electrons.